The molecule has 5 nitrogen and oxygen atoms in total. The minimum atomic E-state index is -1.08. The van der Waals surface area contributed by atoms with Crippen LogP contribution in [0, 0.1) is 0 Å². The molecule has 2 aromatic carbocycles. The highest BCUT2D eigenvalue weighted by Crippen LogP contribution is 2.23. The van der Waals surface area contributed by atoms with Gasteiger partial charge in [-0.15, -0.1) is 0 Å². The maximum absolute atomic E-state index is 12.0. The Kier molecular flexibility index (Phi) is 3.68. The van der Waals surface area contributed by atoms with Crippen molar-refractivity contribution in [2.24, 2.45) is 0 Å². The predicted molar refractivity (Wildman–Crippen MR) is 83.0 cm³/mol. The summed E-state index contributed by atoms with van der Waals surface area (Å²) in [4.78, 5) is 23.0. The van der Waals surface area contributed by atoms with Crippen LogP contribution < -0.4 is 5.76 Å². The first-order valence-corrected chi connectivity index (χ1v) is 7.02. The molecule has 0 aliphatic rings. The Labute approximate surface area is 134 Å². The summed E-state index contributed by atoms with van der Waals surface area (Å²) in [6.07, 6.45) is 0. The molecule has 0 unspecified atom stereocenters. The van der Waals surface area contributed by atoms with Crippen molar-refractivity contribution in [3.63, 3.8) is 0 Å². The molecule has 0 spiro atoms. The van der Waals surface area contributed by atoms with Gasteiger partial charge in [0.1, 0.15) is 0 Å². The highest BCUT2D eigenvalue weighted by Gasteiger charge is 2.14. The van der Waals surface area contributed by atoms with Crippen molar-refractivity contribution in [1.82, 2.24) is 4.57 Å². The average Bonchev–Trinajstić information content (AvgIpc) is 2.77. The molecule has 3 rings (SSSR count). The Hall–Kier alpha value is -2.24. The van der Waals surface area contributed by atoms with Crippen molar-refractivity contribution >= 4 is 40.3 Å². The number of carboxylic acid groups (broad SMARTS) is 1. The molecule has 1 aromatic heterocycles. The van der Waals surface area contributed by atoms with Gasteiger partial charge in [0, 0.05) is 10.0 Å². The first-order valence-electron chi connectivity index (χ1n) is 6.26. The van der Waals surface area contributed by atoms with Crippen LogP contribution in [0.2, 0.25) is 10.0 Å². The molecule has 112 valence electrons. The van der Waals surface area contributed by atoms with Crippen LogP contribution >= 0.6 is 23.2 Å². The summed E-state index contributed by atoms with van der Waals surface area (Å²) < 4.78 is 6.45. The number of benzene rings is 2. The predicted octanol–water partition coefficient (Wildman–Crippen LogP) is 3.65. The van der Waals surface area contributed by atoms with Gasteiger partial charge < -0.3 is 9.52 Å². The quantitative estimate of drug-likeness (QED) is 0.791. The third kappa shape index (κ3) is 2.61. The Bertz CT molecular complexity index is 942. The van der Waals surface area contributed by atoms with E-state index >= 15 is 0 Å². The number of oxazole rings is 1. The first kappa shape index (κ1) is 14.7. The lowest BCUT2D eigenvalue weighted by Gasteiger charge is -2.06. The summed E-state index contributed by atoms with van der Waals surface area (Å²) >= 11 is 12.0. The third-order valence-electron chi connectivity index (χ3n) is 3.26. The molecule has 7 heteroatoms. The molecular formula is C15H9Cl2NO4. The van der Waals surface area contributed by atoms with E-state index in [9.17, 15) is 9.59 Å². The number of fused-ring (bicyclic) bond motifs is 1. The number of aromatic nitrogens is 1. The summed E-state index contributed by atoms with van der Waals surface area (Å²) in [5, 5.41) is 9.96. The standard InChI is InChI=1S/C15H9Cl2NO4/c16-10-3-1-9(11(17)6-10)7-18-12-5-8(14(19)20)2-4-13(12)22-15(18)21/h1-6H,7H2,(H,19,20). The summed E-state index contributed by atoms with van der Waals surface area (Å²) in [5.74, 6) is -1.66. The first-order chi connectivity index (χ1) is 10.5. The minimum absolute atomic E-state index is 0.0734. The van der Waals surface area contributed by atoms with Gasteiger partial charge in [0.05, 0.1) is 17.6 Å². The van der Waals surface area contributed by atoms with Crippen LogP contribution in [0.25, 0.3) is 11.1 Å². The number of nitrogens with zero attached hydrogens (tertiary/aromatic N) is 1. The fraction of sp³-hybridized carbons (Fsp3) is 0.0667. The number of hydrogen-bond donors (Lipinski definition) is 1. The summed E-state index contributed by atoms with van der Waals surface area (Å²) in [5.41, 5.74) is 1.47. The van der Waals surface area contributed by atoms with Crippen molar-refractivity contribution in [3.05, 3.63) is 68.1 Å². The SMILES string of the molecule is O=C(O)c1ccc2oc(=O)n(Cc3ccc(Cl)cc3Cl)c2c1. The van der Waals surface area contributed by atoms with Gasteiger partial charge in [-0.3, -0.25) is 4.57 Å². The molecule has 0 radical (unpaired) electrons. The minimum Gasteiger partial charge on any atom is -0.478 e. The lowest BCUT2D eigenvalue weighted by Crippen LogP contribution is -2.15. The molecule has 0 saturated heterocycles. The monoisotopic (exact) mass is 337 g/mol. The molecule has 3 aromatic rings. The number of halogens is 2. The van der Waals surface area contributed by atoms with E-state index in [1.54, 1.807) is 18.2 Å². The number of aromatic carboxylic acids is 1. The van der Waals surface area contributed by atoms with Gasteiger partial charge in [-0.05, 0) is 35.9 Å². The van der Waals surface area contributed by atoms with Gasteiger partial charge in [-0.25, -0.2) is 9.59 Å². The number of rotatable bonds is 3. The molecule has 0 aliphatic carbocycles. The van der Waals surface area contributed by atoms with E-state index in [0.29, 0.717) is 26.7 Å². The van der Waals surface area contributed by atoms with Gasteiger partial charge in [-0.2, -0.15) is 0 Å². The van der Waals surface area contributed by atoms with Gasteiger partial charge in [-0.1, -0.05) is 29.3 Å². The topological polar surface area (TPSA) is 72.4 Å². The van der Waals surface area contributed by atoms with Crippen molar-refractivity contribution < 1.29 is 14.3 Å². The molecule has 0 fully saturated rings. The Balaban J connectivity index is 2.13. The third-order valence-corrected chi connectivity index (χ3v) is 3.84. The lowest BCUT2D eigenvalue weighted by atomic mass is 10.2. The largest absolute Gasteiger partial charge is 0.478 e. The van der Waals surface area contributed by atoms with Crippen LogP contribution in [0.3, 0.4) is 0 Å². The van der Waals surface area contributed by atoms with Crippen molar-refractivity contribution in [1.29, 1.82) is 0 Å². The zero-order valence-corrected chi connectivity index (χ0v) is 12.6. The van der Waals surface area contributed by atoms with Gasteiger partial charge in [0.2, 0.25) is 0 Å². The van der Waals surface area contributed by atoms with Crippen LogP contribution in [0.5, 0.6) is 0 Å². The Morgan fingerprint density at radius 1 is 1.18 bits per heavy atom. The van der Waals surface area contributed by atoms with E-state index in [1.807, 2.05) is 0 Å². The van der Waals surface area contributed by atoms with E-state index in [2.05, 4.69) is 0 Å². The highest BCUT2D eigenvalue weighted by molar-refractivity contribution is 6.35. The molecule has 0 aliphatic heterocycles. The second kappa shape index (κ2) is 5.51. The van der Waals surface area contributed by atoms with Gasteiger partial charge in [0.25, 0.3) is 0 Å². The zero-order chi connectivity index (χ0) is 15.9. The van der Waals surface area contributed by atoms with Crippen LogP contribution in [0.1, 0.15) is 15.9 Å². The van der Waals surface area contributed by atoms with Gasteiger partial charge >= 0.3 is 11.7 Å². The molecule has 1 N–H and O–H groups in total. The molecule has 0 saturated carbocycles. The highest BCUT2D eigenvalue weighted by atomic mass is 35.5. The zero-order valence-electron chi connectivity index (χ0n) is 11.0. The summed E-state index contributed by atoms with van der Waals surface area (Å²) in [6.45, 7) is 0.158. The second-order valence-corrected chi connectivity index (χ2v) is 5.52. The van der Waals surface area contributed by atoms with Crippen LogP contribution in [-0.2, 0) is 6.54 Å². The Morgan fingerprint density at radius 2 is 1.95 bits per heavy atom. The van der Waals surface area contributed by atoms with Crippen molar-refractivity contribution in [3.8, 4) is 0 Å². The number of carboxylic acids is 1. The lowest BCUT2D eigenvalue weighted by molar-refractivity contribution is 0.0697. The smallest absolute Gasteiger partial charge is 0.420 e. The molecule has 22 heavy (non-hydrogen) atoms. The average molecular weight is 338 g/mol. The van der Waals surface area contributed by atoms with E-state index in [-0.39, 0.29) is 12.1 Å². The van der Waals surface area contributed by atoms with Gasteiger partial charge in [0.15, 0.2) is 5.58 Å². The maximum atomic E-state index is 12.0. The summed E-state index contributed by atoms with van der Waals surface area (Å²) in [6, 6.07) is 9.18. The van der Waals surface area contributed by atoms with Crippen molar-refractivity contribution in [2.75, 3.05) is 0 Å². The fourth-order valence-corrected chi connectivity index (χ4v) is 2.63. The van der Waals surface area contributed by atoms with Crippen LogP contribution in [0.4, 0.5) is 0 Å². The van der Waals surface area contributed by atoms with E-state index in [1.165, 1.54) is 22.8 Å². The normalized spacial score (nSPS) is 11.0. The van der Waals surface area contributed by atoms with Crippen LogP contribution in [-0.4, -0.2) is 15.6 Å². The van der Waals surface area contributed by atoms with Crippen LogP contribution in [0.15, 0.2) is 45.6 Å². The maximum Gasteiger partial charge on any atom is 0.420 e. The molecular weight excluding hydrogens is 329 g/mol. The molecule has 1 heterocycles. The Morgan fingerprint density at radius 3 is 2.64 bits per heavy atom. The van der Waals surface area contributed by atoms with E-state index in [0.717, 1.165) is 0 Å². The molecule has 0 atom stereocenters. The number of hydrogen-bond acceptors (Lipinski definition) is 3. The molecule has 0 amide bonds. The second-order valence-electron chi connectivity index (χ2n) is 4.68. The van der Waals surface area contributed by atoms with E-state index in [4.69, 9.17) is 32.7 Å². The summed E-state index contributed by atoms with van der Waals surface area (Å²) in [7, 11) is 0. The fourth-order valence-electron chi connectivity index (χ4n) is 2.17. The molecule has 0 bridgehead atoms. The number of carbonyl (C=O) groups is 1. The van der Waals surface area contributed by atoms with Crippen molar-refractivity contribution in [2.45, 2.75) is 6.54 Å². The van der Waals surface area contributed by atoms with E-state index < -0.39 is 11.7 Å².